The quantitative estimate of drug-likeness (QED) is 0.814. The van der Waals surface area contributed by atoms with Crippen LogP contribution in [0.1, 0.15) is 45.2 Å². The summed E-state index contributed by atoms with van der Waals surface area (Å²) in [5.74, 6) is -1.10. The fraction of sp³-hybridized carbons (Fsp3) is 0.600. The number of nitrogens with one attached hydrogen (secondary N) is 1. The van der Waals surface area contributed by atoms with E-state index < -0.39 is 17.2 Å². The highest BCUT2D eigenvalue weighted by Gasteiger charge is 2.35. The highest BCUT2D eigenvalue weighted by atomic mass is 19.1. The molecule has 0 aliphatic carbocycles. The molecule has 0 aliphatic heterocycles. The Morgan fingerprint density at radius 3 is 2.47 bits per heavy atom. The first-order chi connectivity index (χ1) is 8.98. The average molecular weight is 271 g/mol. The highest BCUT2D eigenvalue weighted by molar-refractivity contribution is 5.25. The summed E-state index contributed by atoms with van der Waals surface area (Å²) in [5, 5.41) is 3.30. The minimum Gasteiger partial charge on any atom is -0.377 e. The van der Waals surface area contributed by atoms with Gasteiger partial charge in [-0.3, -0.25) is 0 Å². The van der Waals surface area contributed by atoms with E-state index in [1.54, 1.807) is 7.11 Å². The lowest BCUT2D eigenvalue weighted by Crippen LogP contribution is -2.43. The fourth-order valence-electron chi connectivity index (χ4n) is 2.15. The molecule has 0 aliphatic rings. The number of benzene rings is 1. The summed E-state index contributed by atoms with van der Waals surface area (Å²) < 4.78 is 32.6. The Labute approximate surface area is 114 Å². The van der Waals surface area contributed by atoms with E-state index in [9.17, 15) is 8.78 Å². The second-order valence-corrected chi connectivity index (χ2v) is 4.92. The van der Waals surface area contributed by atoms with E-state index in [0.29, 0.717) is 5.56 Å². The Kier molecular flexibility index (Phi) is 5.88. The van der Waals surface area contributed by atoms with Crippen molar-refractivity contribution < 1.29 is 13.5 Å². The molecule has 0 spiro atoms. The van der Waals surface area contributed by atoms with Crippen molar-refractivity contribution in [3.05, 3.63) is 35.4 Å². The zero-order valence-electron chi connectivity index (χ0n) is 12.1. The topological polar surface area (TPSA) is 21.3 Å². The molecule has 2 atom stereocenters. The fourth-order valence-corrected chi connectivity index (χ4v) is 2.15. The third-order valence-electron chi connectivity index (χ3n) is 3.65. The van der Waals surface area contributed by atoms with E-state index in [0.717, 1.165) is 25.5 Å². The van der Waals surface area contributed by atoms with E-state index in [-0.39, 0.29) is 6.04 Å². The van der Waals surface area contributed by atoms with Crippen molar-refractivity contribution in [1.29, 1.82) is 0 Å². The van der Waals surface area contributed by atoms with E-state index in [1.807, 2.05) is 20.8 Å². The number of hydrogen-bond donors (Lipinski definition) is 1. The van der Waals surface area contributed by atoms with Crippen LogP contribution in [0.2, 0.25) is 0 Å². The van der Waals surface area contributed by atoms with Crippen LogP contribution in [0.15, 0.2) is 18.2 Å². The van der Waals surface area contributed by atoms with Crippen molar-refractivity contribution in [3.63, 3.8) is 0 Å². The van der Waals surface area contributed by atoms with Crippen LogP contribution >= 0.6 is 0 Å². The molecular weight excluding hydrogens is 248 g/mol. The van der Waals surface area contributed by atoms with Crippen LogP contribution < -0.4 is 5.32 Å². The van der Waals surface area contributed by atoms with Gasteiger partial charge in [-0.15, -0.1) is 0 Å². The predicted octanol–water partition coefficient (Wildman–Crippen LogP) is 3.82. The molecule has 4 heteroatoms. The average Bonchev–Trinajstić information content (AvgIpc) is 2.40. The molecule has 1 rings (SSSR count). The molecule has 1 N–H and O–H groups in total. The van der Waals surface area contributed by atoms with Gasteiger partial charge >= 0.3 is 0 Å². The van der Waals surface area contributed by atoms with Crippen molar-refractivity contribution in [2.45, 2.75) is 45.3 Å². The molecule has 0 heterocycles. The molecule has 1 aromatic rings. The Balaban J connectivity index is 3.15. The molecule has 108 valence electrons. The minimum atomic E-state index is -0.564. The van der Waals surface area contributed by atoms with Gasteiger partial charge in [0.1, 0.15) is 11.6 Å². The van der Waals surface area contributed by atoms with Crippen LogP contribution in [0.4, 0.5) is 8.78 Å². The van der Waals surface area contributed by atoms with Crippen LogP contribution in [0.25, 0.3) is 0 Å². The number of methoxy groups -OCH3 is 1. The van der Waals surface area contributed by atoms with E-state index in [4.69, 9.17) is 4.74 Å². The third kappa shape index (κ3) is 3.74. The van der Waals surface area contributed by atoms with Gasteiger partial charge in [0, 0.05) is 18.7 Å². The smallest absolute Gasteiger partial charge is 0.131 e. The Morgan fingerprint density at radius 2 is 2.00 bits per heavy atom. The van der Waals surface area contributed by atoms with Gasteiger partial charge in [0.25, 0.3) is 0 Å². The maximum atomic E-state index is 14.0. The van der Waals surface area contributed by atoms with Gasteiger partial charge in [-0.05, 0) is 32.4 Å². The largest absolute Gasteiger partial charge is 0.377 e. The molecular formula is C15H23F2NO. The maximum Gasteiger partial charge on any atom is 0.131 e. The molecule has 0 saturated carbocycles. The van der Waals surface area contributed by atoms with E-state index in [1.165, 1.54) is 12.1 Å². The van der Waals surface area contributed by atoms with Gasteiger partial charge in [-0.2, -0.15) is 0 Å². The lowest BCUT2D eigenvalue weighted by Gasteiger charge is -2.37. The number of rotatable bonds is 7. The van der Waals surface area contributed by atoms with Crippen LogP contribution in [0.5, 0.6) is 0 Å². The summed E-state index contributed by atoms with van der Waals surface area (Å²) >= 11 is 0. The molecule has 0 radical (unpaired) electrons. The first kappa shape index (κ1) is 16.1. The van der Waals surface area contributed by atoms with Crippen molar-refractivity contribution in [2.75, 3.05) is 13.7 Å². The second kappa shape index (κ2) is 6.96. The monoisotopic (exact) mass is 271 g/mol. The Morgan fingerprint density at radius 1 is 1.32 bits per heavy atom. The van der Waals surface area contributed by atoms with Crippen LogP contribution in [-0.2, 0) is 4.74 Å². The molecule has 0 fully saturated rings. The summed E-state index contributed by atoms with van der Waals surface area (Å²) in [6.45, 7) is 6.72. The normalized spacial score (nSPS) is 16.1. The van der Waals surface area contributed by atoms with Gasteiger partial charge in [-0.1, -0.05) is 19.9 Å². The summed E-state index contributed by atoms with van der Waals surface area (Å²) in [7, 11) is 1.62. The molecule has 0 aromatic heterocycles. The first-order valence-electron chi connectivity index (χ1n) is 6.72. The van der Waals surface area contributed by atoms with Gasteiger partial charge in [0.15, 0.2) is 0 Å². The lowest BCUT2D eigenvalue weighted by molar-refractivity contribution is -0.0308. The van der Waals surface area contributed by atoms with Crippen LogP contribution in [0.3, 0.4) is 0 Å². The SMILES string of the molecule is CCCNC(c1ccc(F)cc1F)C(C)(CC)OC. The molecule has 2 unspecified atom stereocenters. The van der Waals surface area contributed by atoms with Crippen molar-refractivity contribution >= 4 is 0 Å². The summed E-state index contributed by atoms with van der Waals surface area (Å²) in [6, 6.07) is 3.39. The predicted molar refractivity (Wildman–Crippen MR) is 73.1 cm³/mol. The number of hydrogen-bond acceptors (Lipinski definition) is 2. The molecule has 0 amide bonds. The lowest BCUT2D eigenvalue weighted by atomic mass is 9.87. The van der Waals surface area contributed by atoms with Gasteiger partial charge in [0.05, 0.1) is 11.6 Å². The summed E-state index contributed by atoms with van der Waals surface area (Å²) in [6.07, 6.45) is 1.66. The molecule has 0 bridgehead atoms. The van der Waals surface area contributed by atoms with Gasteiger partial charge < -0.3 is 10.1 Å². The third-order valence-corrected chi connectivity index (χ3v) is 3.65. The molecule has 2 nitrogen and oxygen atoms in total. The standard InChI is InChI=1S/C15H23F2NO/c1-5-9-18-14(15(3,6-2)19-4)12-8-7-11(16)10-13(12)17/h7-8,10,14,18H,5-6,9H2,1-4H3. The van der Waals surface area contributed by atoms with Gasteiger partial charge in [-0.25, -0.2) is 8.78 Å². The van der Waals surface area contributed by atoms with Gasteiger partial charge in [0.2, 0.25) is 0 Å². The second-order valence-electron chi connectivity index (χ2n) is 4.92. The Bertz CT molecular complexity index is 405. The van der Waals surface area contributed by atoms with Crippen molar-refractivity contribution in [1.82, 2.24) is 5.32 Å². The maximum absolute atomic E-state index is 14.0. The van der Waals surface area contributed by atoms with E-state index >= 15 is 0 Å². The molecule has 1 aromatic carbocycles. The number of ether oxygens (including phenoxy) is 1. The molecule has 19 heavy (non-hydrogen) atoms. The van der Waals surface area contributed by atoms with Crippen molar-refractivity contribution in [3.8, 4) is 0 Å². The molecule has 0 saturated heterocycles. The van der Waals surface area contributed by atoms with Crippen molar-refractivity contribution in [2.24, 2.45) is 0 Å². The zero-order valence-corrected chi connectivity index (χ0v) is 12.1. The summed E-state index contributed by atoms with van der Waals surface area (Å²) in [5.41, 5.74) is -0.0885. The van der Waals surface area contributed by atoms with Crippen LogP contribution in [0, 0.1) is 11.6 Å². The first-order valence-corrected chi connectivity index (χ1v) is 6.72. The zero-order chi connectivity index (χ0) is 14.5. The Hall–Kier alpha value is -1.00. The van der Waals surface area contributed by atoms with E-state index in [2.05, 4.69) is 5.32 Å². The summed E-state index contributed by atoms with van der Waals surface area (Å²) in [4.78, 5) is 0. The van der Waals surface area contributed by atoms with Crippen LogP contribution in [-0.4, -0.2) is 19.3 Å². The minimum absolute atomic E-state index is 0.303. The number of halogens is 2. The highest BCUT2D eigenvalue weighted by Crippen LogP contribution is 2.33.